The van der Waals surface area contributed by atoms with Crippen molar-refractivity contribution in [3.05, 3.63) is 67.1 Å². The van der Waals surface area contributed by atoms with Crippen LogP contribution < -0.4 is 4.74 Å². The zero-order chi connectivity index (χ0) is 23.3. The van der Waals surface area contributed by atoms with Gasteiger partial charge in [0.25, 0.3) is 0 Å². The Bertz CT molecular complexity index is 1340. The third kappa shape index (κ3) is 4.69. The van der Waals surface area contributed by atoms with E-state index in [1.807, 2.05) is 60.8 Å². The summed E-state index contributed by atoms with van der Waals surface area (Å²) in [5.74, 6) is 7.40. The monoisotopic (exact) mass is 450 g/mol. The van der Waals surface area contributed by atoms with E-state index in [4.69, 9.17) is 9.84 Å². The van der Waals surface area contributed by atoms with Crippen molar-refractivity contribution in [1.82, 2.24) is 19.7 Å². The zero-order valence-electron chi connectivity index (χ0n) is 19.1. The number of para-hydroxylation sites is 1. The number of rotatable bonds is 6. The smallest absolute Gasteiger partial charge is 0.205 e. The van der Waals surface area contributed by atoms with E-state index < -0.39 is 0 Å². The summed E-state index contributed by atoms with van der Waals surface area (Å²) in [5, 5.41) is 5.94. The van der Waals surface area contributed by atoms with E-state index in [-0.39, 0.29) is 11.8 Å². The molecule has 2 aromatic heterocycles. The summed E-state index contributed by atoms with van der Waals surface area (Å²) >= 11 is 0. The van der Waals surface area contributed by atoms with Gasteiger partial charge in [-0.3, -0.25) is 4.79 Å². The van der Waals surface area contributed by atoms with Crippen LogP contribution in [0.3, 0.4) is 0 Å². The number of nitrogens with zero attached hydrogens (tertiary/aromatic N) is 4. The molecule has 2 aromatic carbocycles. The topological polar surface area (TPSA) is 69.9 Å². The largest absolute Gasteiger partial charge is 0.457 e. The van der Waals surface area contributed by atoms with Gasteiger partial charge in [0.2, 0.25) is 5.78 Å². The Morgan fingerprint density at radius 3 is 2.50 bits per heavy atom. The summed E-state index contributed by atoms with van der Waals surface area (Å²) in [5.41, 5.74) is 2.72. The Hall–Kier alpha value is -3.98. The molecular weight excluding hydrogens is 424 g/mol. The molecule has 5 rings (SSSR count). The average Bonchev–Trinajstić information content (AvgIpc) is 3.26. The lowest BCUT2D eigenvalue weighted by Crippen LogP contribution is -2.21. The maximum Gasteiger partial charge on any atom is 0.205 e. The van der Waals surface area contributed by atoms with Crippen molar-refractivity contribution in [3.63, 3.8) is 0 Å². The third-order valence-electron chi connectivity index (χ3n) is 6.38. The number of ether oxygens (including phenoxy) is 1. The lowest BCUT2D eigenvalue weighted by molar-refractivity contribution is -0.114. The molecule has 4 aromatic rings. The fourth-order valence-electron chi connectivity index (χ4n) is 4.70. The molecule has 0 spiro atoms. The molecule has 1 aliphatic carbocycles. The van der Waals surface area contributed by atoms with Crippen LogP contribution in [0.5, 0.6) is 11.5 Å². The van der Waals surface area contributed by atoms with Crippen LogP contribution >= 0.6 is 0 Å². The number of aromatic nitrogens is 4. The standard InChI is InChI=1S/C28H26N4O2/c1-2-6-23(33)17-20-9-13-22(14-10-20)32-28-26(18-29-19-30-28)27(31-32)21-11-15-25(16-12-21)34-24-7-4-3-5-8-24/h3-5,7-8,11-12,15-16,18-20,22H,9-10,13-14,17H2,1H3. The number of carbonyl (C=O) groups excluding carboxylic acids is 1. The quantitative estimate of drug-likeness (QED) is 0.266. The first-order valence-corrected chi connectivity index (χ1v) is 11.7. The van der Waals surface area contributed by atoms with Gasteiger partial charge in [-0.05, 0) is 80.8 Å². The van der Waals surface area contributed by atoms with E-state index in [0.717, 1.165) is 59.5 Å². The Morgan fingerprint density at radius 2 is 1.76 bits per heavy atom. The van der Waals surface area contributed by atoms with Crippen molar-refractivity contribution in [2.24, 2.45) is 5.92 Å². The molecule has 0 unspecified atom stereocenters. The van der Waals surface area contributed by atoms with Gasteiger partial charge < -0.3 is 4.74 Å². The van der Waals surface area contributed by atoms with Crippen molar-refractivity contribution in [3.8, 4) is 34.6 Å². The van der Waals surface area contributed by atoms with E-state index in [1.54, 1.807) is 13.3 Å². The Labute approximate surface area is 199 Å². The maximum absolute atomic E-state index is 11.9. The second-order valence-electron chi connectivity index (χ2n) is 8.67. The van der Waals surface area contributed by atoms with Crippen molar-refractivity contribution >= 4 is 16.8 Å². The number of benzene rings is 2. The van der Waals surface area contributed by atoms with Gasteiger partial charge in [-0.15, -0.1) is 0 Å². The second kappa shape index (κ2) is 9.88. The van der Waals surface area contributed by atoms with E-state index in [1.165, 1.54) is 0 Å². The molecule has 0 bridgehead atoms. The first-order valence-electron chi connectivity index (χ1n) is 11.7. The van der Waals surface area contributed by atoms with E-state index in [0.29, 0.717) is 12.3 Å². The molecule has 34 heavy (non-hydrogen) atoms. The molecule has 0 radical (unpaired) electrons. The molecule has 0 aliphatic heterocycles. The maximum atomic E-state index is 11.9. The summed E-state index contributed by atoms with van der Waals surface area (Å²) in [6.07, 6.45) is 7.91. The summed E-state index contributed by atoms with van der Waals surface area (Å²) in [6, 6.07) is 18.0. The summed E-state index contributed by atoms with van der Waals surface area (Å²) in [7, 11) is 0. The Balaban J connectivity index is 1.36. The van der Waals surface area contributed by atoms with Crippen LogP contribution in [0.15, 0.2) is 67.1 Å². The van der Waals surface area contributed by atoms with Gasteiger partial charge in [0.05, 0.1) is 11.4 Å². The van der Waals surface area contributed by atoms with Crippen molar-refractivity contribution in [1.29, 1.82) is 0 Å². The molecule has 1 fully saturated rings. The van der Waals surface area contributed by atoms with Crippen molar-refractivity contribution in [2.45, 2.75) is 45.1 Å². The van der Waals surface area contributed by atoms with Gasteiger partial charge in [0.15, 0.2) is 5.65 Å². The minimum atomic E-state index is 0.0465. The molecule has 0 N–H and O–H groups in total. The normalized spacial score (nSPS) is 17.7. The highest BCUT2D eigenvalue weighted by atomic mass is 16.5. The molecular formula is C28H26N4O2. The van der Waals surface area contributed by atoms with Crippen LogP contribution in [0.4, 0.5) is 0 Å². The average molecular weight is 451 g/mol. The van der Waals surface area contributed by atoms with Crippen molar-refractivity contribution in [2.75, 3.05) is 0 Å². The van der Waals surface area contributed by atoms with Crippen LogP contribution in [0, 0.1) is 17.8 Å². The Morgan fingerprint density at radius 1 is 1.03 bits per heavy atom. The lowest BCUT2D eigenvalue weighted by Gasteiger charge is -2.28. The summed E-state index contributed by atoms with van der Waals surface area (Å²) in [4.78, 5) is 20.7. The van der Waals surface area contributed by atoms with Gasteiger partial charge >= 0.3 is 0 Å². The highest BCUT2D eigenvalue weighted by molar-refractivity contribution is 5.95. The van der Waals surface area contributed by atoms with Crippen LogP contribution in [0.2, 0.25) is 0 Å². The van der Waals surface area contributed by atoms with E-state index >= 15 is 0 Å². The minimum Gasteiger partial charge on any atom is -0.457 e. The third-order valence-corrected chi connectivity index (χ3v) is 6.38. The van der Waals surface area contributed by atoms with Gasteiger partial charge in [-0.1, -0.05) is 24.1 Å². The summed E-state index contributed by atoms with van der Waals surface area (Å²) in [6.45, 7) is 1.71. The number of hydrogen-bond donors (Lipinski definition) is 0. The highest BCUT2D eigenvalue weighted by Crippen LogP contribution is 2.37. The van der Waals surface area contributed by atoms with Crippen LogP contribution in [-0.2, 0) is 4.79 Å². The van der Waals surface area contributed by atoms with Crippen LogP contribution in [-0.4, -0.2) is 25.5 Å². The molecule has 6 nitrogen and oxygen atoms in total. The number of hydrogen-bond acceptors (Lipinski definition) is 5. The first kappa shape index (κ1) is 21.8. The predicted molar refractivity (Wildman–Crippen MR) is 131 cm³/mol. The predicted octanol–water partition coefficient (Wildman–Crippen LogP) is 6.00. The minimum absolute atomic E-state index is 0.0465. The molecule has 6 heteroatoms. The zero-order valence-corrected chi connectivity index (χ0v) is 19.1. The molecule has 0 amide bonds. The van der Waals surface area contributed by atoms with Crippen LogP contribution in [0.25, 0.3) is 22.3 Å². The number of carbonyl (C=O) groups is 1. The molecule has 0 atom stereocenters. The Kier molecular flexibility index (Phi) is 6.35. The fourth-order valence-corrected chi connectivity index (χ4v) is 4.70. The lowest BCUT2D eigenvalue weighted by atomic mass is 9.83. The van der Waals surface area contributed by atoms with Gasteiger partial charge in [-0.25, -0.2) is 14.6 Å². The number of fused-ring (bicyclic) bond motifs is 1. The van der Waals surface area contributed by atoms with Crippen LogP contribution in [0.1, 0.15) is 45.1 Å². The first-order chi connectivity index (χ1) is 16.7. The van der Waals surface area contributed by atoms with Gasteiger partial charge in [-0.2, -0.15) is 5.10 Å². The molecule has 0 saturated heterocycles. The number of Topliss-reactive ketones (excluding diaryl/α,β-unsaturated/α-hetero) is 1. The van der Waals surface area contributed by atoms with E-state index in [9.17, 15) is 4.79 Å². The molecule has 170 valence electrons. The van der Waals surface area contributed by atoms with Crippen molar-refractivity contribution < 1.29 is 9.53 Å². The van der Waals surface area contributed by atoms with E-state index in [2.05, 4.69) is 26.5 Å². The molecule has 1 saturated carbocycles. The number of ketones is 1. The summed E-state index contributed by atoms with van der Waals surface area (Å²) < 4.78 is 7.99. The molecule has 2 heterocycles. The SMILES string of the molecule is CC#CC(=O)CC1CCC(n2nc(-c3ccc(Oc4ccccc4)cc3)c3cncnc32)CC1. The highest BCUT2D eigenvalue weighted by Gasteiger charge is 2.27. The molecule has 1 aliphatic rings. The van der Waals surface area contributed by atoms with Gasteiger partial charge in [0, 0.05) is 18.2 Å². The fraction of sp³-hybridized carbons (Fsp3) is 0.286. The van der Waals surface area contributed by atoms with Gasteiger partial charge in [0.1, 0.15) is 23.5 Å². The second-order valence-corrected chi connectivity index (χ2v) is 8.67.